The molecule has 7 nitrogen and oxygen atoms in total. The molecule has 0 saturated carbocycles. The van der Waals surface area contributed by atoms with E-state index >= 15 is 0 Å². The van der Waals surface area contributed by atoms with Crippen LogP contribution in [0.3, 0.4) is 0 Å². The number of aryl methyl sites for hydroxylation is 4. The molecule has 2 aromatic carbocycles. The number of nitrogens with one attached hydrogen (secondary N) is 2. The first-order valence-corrected chi connectivity index (χ1v) is 12.1. The highest BCUT2D eigenvalue weighted by molar-refractivity contribution is 6.09. The predicted octanol–water partition coefficient (Wildman–Crippen LogP) is 5.91. The lowest BCUT2D eigenvalue weighted by Gasteiger charge is -2.13. The van der Waals surface area contributed by atoms with E-state index in [2.05, 4.69) is 21.9 Å². The van der Waals surface area contributed by atoms with Crippen LogP contribution in [0.2, 0.25) is 0 Å². The van der Waals surface area contributed by atoms with Gasteiger partial charge in [-0.1, -0.05) is 23.8 Å². The van der Waals surface area contributed by atoms with Crippen LogP contribution in [-0.4, -0.2) is 17.5 Å². The van der Waals surface area contributed by atoms with Crippen molar-refractivity contribution < 1.29 is 18.4 Å². The first-order valence-electron chi connectivity index (χ1n) is 12.1. The number of nitrogens with zero attached hydrogens (tertiary/aromatic N) is 1. The lowest BCUT2D eigenvalue weighted by atomic mass is 9.93. The van der Waals surface area contributed by atoms with E-state index in [1.165, 1.54) is 0 Å². The molecule has 2 N–H and O–H groups in total. The minimum absolute atomic E-state index is 0.162. The van der Waals surface area contributed by atoms with Gasteiger partial charge in [0, 0.05) is 34.2 Å². The van der Waals surface area contributed by atoms with Crippen LogP contribution in [0.1, 0.15) is 62.5 Å². The van der Waals surface area contributed by atoms with E-state index < -0.39 is 0 Å². The van der Waals surface area contributed by atoms with E-state index in [1.54, 1.807) is 6.26 Å². The van der Waals surface area contributed by atoms with E-state index in [0.717, 1.165) is 68.7 Å². The minimum atomic E-state index is -0.299. The van der Waals surface area contributed by atoms with Crippen LogP contribution < -0.4 is 10.7 Å². The Balaban J connectivity index is 1.33. The second-order valence-electron chi connectivity index (χ2n) is 9.51. The van der Waals surface area contributed by atoms with Crippen LogP contribution in [0.4, 0.5) is 5.69 Å². The van der Waals surface area contributed by atoms with Crippen molar-refractivity contribution in [1.29, 1.82) is 0 Å². The van der Waals surface area contributed by atoms with Crippen molar-refractivity contribution in [1.82, 2.24) is 5.43 Å². The number of amides is 2. The second kappa shape index (κ2) is 9.49. The molecule has 36 heavy (non-hydrogen) atoms. The van der Waals surface area contributed by atoms with Crippen LogP contribution in [-0.2, 0) is 17.6 Å². The van der Waals surface area contributed by atoms with Gasteiger partial charge < -0.3 is 14.2 Å². The van der Waals surface area contributed by atoms with Crippen molar-refractivity contribution in [2.45, 2.75) is 53.4 Å². The van der Waals surface area contributed by atoms with Gasteiger partial charge >= 0.3 is 0 Å². The SMILES string of the molecule is Cc1ccc(NC(=O)c2oc3c(c2C)/C(=N/NC(=O)Cc2coc4cc(C)cc(C)c24)CCC3)cc1. The minimum Gasteiger partial charge on any atom is -0.464 e. The summed E-state index contributed by atoms with van der Waals surface area (Å²) >= 11 is 0. The number of furan rings is 2. The number of hydrogen-bond acceptors (Lipinski definition) is 5. The van der Waals surface area contributed by atoms with Crippen molar-refractivity contribution >= 4 is 34.2 Å². The molecule has 0 fully saturated rings. The molecule has 0 spiro atoms. The molecule has 1 aliphatic rings. The molecule has 0 saturated heterocycles. The van der Waals surface area contributed by atoms with Gasteiger partial charge in [0.25, 0.3) is 5.91 Å². The van der Waals surface area contributed by atoms with Gasteiger partial charge in [-0.25, -0.2) is 5.43 Å². The van der Waals surface area contributed by atoms with Crippen molar-refractivity contribution in [3.05, 3.63) is 87.6 Å². The van der Waals surface area contributed by atoms with Gasteiger partial charge in [-0.15, -0.1) is 0 Å². The van der Waals surface area contributed by atoms with Crippen LogP contribution >= 0.6 is 0 Å². The summed E-state index contributed by atoms with van der Waals surface area (Å²) < 4.78 is 11.6. The van der Waals surface area contributed by atoms with Crippen molar-refractivity contribution in [3.8, 4) is 0 Å². The lowest BCUT2D eigenvalue weighted by molar-refractivity contribution is -0.120. The number of hydrogen-bond donors (Lipinski definition) is 2. The molecule has 4 aromatic rings. The summed E-state index contributed by atoms with van der Waals surface area (Å²) in [6.07, 6.45) is 4.05. The monoisotopic (exact) mass is 483 g/mol. The molecular weight excluding hydrogens is 454 g/mol. The Hall–Kier alpha value is -4.13. The molecule has 5 rings (SSSR count). The lowest BCUT2D eigenvalue weighted by Crippen LogP contribution is -2.23. The van der Waals surface area contributed by atoms with Crippen molar-refractivity contribution in [2.75, 3.05) is 5.32 Å². The Kier molecular flexibility index (Phi) is 6.22. The van der Waals surface area contributed by atoms with E-state index in [-0.39, 0.29) is 24.0 Å². The molecule has 7 heteroatoms. The number of carbonyl (C=O) groups excluding carboxylic acids is 2. The van der Waals surface area contributed by atoms with Crippen molar-refractivity contribution in [2.24, 2.45) is 5.10 Å². The first-order chi connectivity index (χ1) is 17.3. The molecule has 0 atom stereocenters. The summed E-state index contributed by atoms with van der Waals surface area (Å²) in [6, 6.07) is 11.7. The first kappa shape index (κ1) is 23.6. The number of benzene rings is 2. The Labute approximate surface area is 209 Å². The fourth-order valence-corrected chi connectivity index (χ4v) is 4.92. The fourth-order valence-electron chi connectivity index (χ4n) is 4.92. The van der Waals surface area contributed by atoms with Gasteiger partial charge in [-0.3, -0.25) is 9.59 Å². The number of fused-ring (bicyclic) bond motifs is 2. The zero-order chi connectivity index (χ0) is 25.4. The third kappa shape index (κ3) is 4.56. The highest BCUT2D eigenvalue weighted by Crippen LogP contribution is 2.31. The van der Waals surface area contributed by atoms with E-state index in [4.69, 9.17) is 8.83 Å². The maximum atomic E-state index is 12.9. The van der Waals surface area contributed by atoms with E-state index in [1.807, 2.05) is 58.0 Å². The van der Waals surface area contributed by atoms with Gasteiger partial charge in [0.2, 0.25) is 5.91 Å². The largest absolute Gasteiger partial charge is 0.464 e. The molecule has 1 aliphatic carbocycles. The summed E-state index contributed by atoms with van der Waals surface area (Å²) in [5, 5.41) is 8.31. The second-order valence-corrected chi connectivity index (χ2v) is 9.51. The molecular formula is C29H29N3O4. The Morgan fingerprint density at radius 1 is 1.00 bits per heavy atom. The van der Waals surface area contributed by atoms with Crippen molar-refractivity contribution in [3.63, 3.8) is 0 Å². The van der Waals surface area contributed by atoms with Gasteiger partial charge in [-0.2, -0.15) is 5.10 Å². The van der Waals surface area contributed by atoms with Crippen LogP contribution in [0.25, 0.3) is 11.0 Å². The summed E-state index contributed by atoms with van der Waals surface area (Å²) in [4.78, 5) is 25.7. The summed E-state index contributed by atoms with van der Waals surface area (Å²) in [5.74, 6) is 0.479. The highest BCUT2D eigenvalue weighted by atomic mass is 16.4. The van der Waals surface area contributed by atoms with Crippen LogP contribution in [0, 0.1) is 27.7 Å². The van der Waals surface area contributed by atoms with Gasteiger partial charge in [0.05, 0.1) is 18.4 Å². The molecule has 0 radical (unpaired) electrons. The normalized spacial score (nSPS) is 14.2. The summed E-state index contributed by atoms with van der Waals surface area (Å²) in [7, 11) is 0. The molecule has 2 aromatic heterocycles. The molecule has 0 bridgehead atoms. The number of carbonyl (C=O) groups is 2. The zero-order valence-electron chi connectivity index (χ0n) is 21.0. The smallest absolute Gasteiger partial charge is 0.291 e. The van der Waals surface area contributed by atoms with Crippen LogP contribution in [0.5, 0.6) is 0 Å². The topological polar surface area (TPSA) is 96.8 Å². The van der Waals surface area contributed by atoms with E-state index in [9.17, 15) is 9.59 Å². The molecule has 2 amide bonds. The maximum absolute atomic E-state index is 12.9. The van der Waals surface area contributed by atoms with E-state index in [0.29, 0.717) is 12.1 Å². The number of rotatable bonds is 5. The third-order valence-corrected chi connectivity index (χ3v) is 6.60. The molecule has 2 heterocycles. The average Bonchev–Trinajstić information content (AvgIpc) is 3.40. The van der Waals surface area contributed by atoms with Gasteiger partial charge in [0.1, 0.15) is 11.3 Å². The van der Waals surface area contributed by atoms with Crippen LogP contribution in [0.15, 0.2) is 56.6 Å². The predicted molar refractivity (Wildman–Crippen MR) is 140 cm³/mol. The molecule has 0 unspecified atom stereocenters. The Morgan fingerprint density at radius 3 is 2.56 bits per heavy atom. The maximum Gasteiger partial charge on any atom is 0.291 e. The summed E-state index contributed by atoms with van der Waals surface area (Å²) in [6.45, 7) is 7.89. The Bertz CT molecular complexity index is 1510. The number of anilines is 1. The van der Waals surface area contributed by atoms with Gasteiger partial charge in [0.15, 0.2) is 5.76 Å². The third-order valence-electron chi connectivity index (χ3n) is 6.60. The summed E-state index contributed by atoms with van der Waals surface area (Å²) in [5.41, 5.74) is 10.6. The molecule has 0 aliphatic heterocycles. The average molecular weight is 484 g/mol. The molecule has 184 valence electrons. The fraction of sp³-hybridized carbons (Fsp3) is 0.276. The highest BCUT2D eigenvalue weighted by Gasteiger charge is 2.28. The standard InChI is InChI=1S/C29H29N3O4/c1-16-8-10-21(11-9-16)30-29(34)28-19(4)27-22(6-5-7-23(27)36-28)31-32-25(33)14-20-15-35-24-13-17(2)12-18(3)26(20)24/h8-13,15H,5-7,14H2,1-4H3,(H,30,34)(H,32,33)/b31-22+. The Morgan fingerprint density at radius 2 is 1.78 bits per heavy atom. The van der Waals surface area contributed by atoms with Gasteiger partial charge in [-0.05, 0) is 69.9 Å². The zero-order valence-corrected chi connectivity index (χ0v) is 21.0. The number of hydrazone groups is 1. The quantitative estimate of drug-likeness (QED) is 0.345.